The van der Waals surface area contributed by atoms with Crippen LogP contribution < -0.4 is 57.0 Å². The van der Waals surface area contributed by atoms with Gasteiger partial charge in [0, 0.05) is 106 Å². The maximum atomic E-state index is 15.4. The molecule has 33 heteroatoms. The van der Waals surface area contributed by atoms with Crippen LogP contribution in [0.3, 0.4) is 0 Å². The molecular formula is C92H100F2N12O19. The van der Waals surface area contributed by atoms with Gasteiger partial charge in [0.25, 0.3) is 5.78 Å². The number of amides is 7. The number of carboxylic acid groups (broad SMARTS) is 1. The van der Waals surface area contributed by atoms with Gasteiger partial charge in [-0.1, -0.05) is 97.1 Å². The van der Waals surface area contributed by atoms with Crippen LogP contribution in [-0.2, 0) is 52.4 Å². The number of hydrogen-bond acceptors (Lipinski definition) is 23. The molecule has 0 unspecified atom stereocenters. The summed E-state index contributed by atoms with van der Waals surface area (Å²) in [5, 5.41) is 22.1. The summed E-state index contributed by atoms with van der Waals surface area (Å²) in [5.74, 6) is -4.98. The molecule has 14 rings (SSSR count). The number of hydrogen-bond donors (Lipinski definition) is 8. The highest BCUT2D eigenvalue weighted by Gasteiger charge is 2.38. The maximum Gasteiger partial charge on any atom is 0.414 e. The number of hydrazine groups is 1. The second kappa shape index (κ2) is 41.4. The number of carboxylic acids is 1. The molecule has 8 N–H and O–H groups in total. The minimum atomic E-state index is -1.04. The molecule has 31 nitrogen and oxygen atoms in total. The number of esters is 1. The summed E-state index contributed by atoms with van der Waals surface area (Å²) in [7, 11) is 0. The summed E-state index contributed by atoms with van der Waals surface area (Å²) < 4.78 is 61.8. The molecule has 7 amide bonds. The SMILES string of the molecule is CC(C)(C)OC(=O)NC[C@H]1CN(c2ccc(N3CCN(C(=O)CCC(=O)c4ccc(NNCC(=O)C(=O)OCC5c6ccccc6-c6ccccc65)cc4)CC3)c(F)c2)C(=O)O1.CC(C)(C)OC(=O)NC[C@H]1CN(c2ccc(N3CCNCC3)c(F)c2)C(=O)O1.O=C(O)CCC(=O)c1ccc(NC(=O)CNC(=O)OCC2c3ccccc3-c3ccccc32)cc1. The summed E-state index contributed by atoms with van der Waals surface area (Å²) >= 11 is 0. The predicted molar refractivity (Wildman–Crippen MR) is 461 cm³/mol. The molecule has 0 saturated carbocycles. The molecule has 0 radical (unpaired) electrons. The molecule has 2 aliphatic carbocycles. The van der Waals surface area contributed by atoms with Crippen LogP contribution in [0.4, 0.5) is 66.9 Å². The van der Waals surface area contributed by atoms with E-state index < -0.39 is 83.3 Å². The third kappa shape index (κ3) is 24.5. The van der Waals surface area contributed by atoms with Gasteiger partial charge in [-0.25, -0.2) is 43.0 Å². The van der Waals surface area contributed by atoms with E-state index in [1.165, 1.54) is 34.1 Å². The highest BCUT2D eigenvalue weighted by atomic mass is 19.1. The Morgan fingerprint density at radius 3 is 1.34 bits per heavy atom. The van der Waals surface area contributed by atoms with Crippen molar-refractivity contribution in [3.8, 4) is 22.3 Å². The third-order valence-corrected chi connectivity index (χ3v) is 21.0. The summed E-state index contributed by atoms with van der Waals surface area (Å²) in [5.41, 5.74) is 16.4. The number of cyclic esters (lactones) is 2. The highest BCUT2D eigenvalue weighted by molar-refractivity contribution is 6.34. The third-order valence-electron chi connectivity index (χ3n) is 21.0. The zero-order valence-electron chi connectivity index (χ0n) is 70.1. The van der Waals surface area contributed by atoms with E-state index in [9.17, 15) is 61.9 Å². The van der Waals surface area contributed by atoms with Gasteiger partial charge in [0.1, 0.15) is 54.8 Å². The van der Waals surface area contributed by atoms with E-state index in [0.717, 1.165) is 70.7 Å². The Balaban J connectivity index is 0.000000189. The van der Waals surface area contributed by atoms with Crippen molar-refractivity contribution in [1.29, 1.82) is 0 Å². The van der Waals surface area contributed by atoms with Crippen molar-refractivity contribution in [2.24, 2.45) is 0 Å². The Hall–Kier alpha value is -13.8. The molecule has 4 saturated heterocycles. The molecule has 8 aromatic carbocycles. The first-order valence-corrected chi connectivity index (χ1v) is 41.1. The Kier molecular flexibility index (Phi) is 29.9. The van der Waals surface area contributed by atoms with Crippen LogP contribution in [0.5, 0.6) is 0 Å². The first kappa shape index (κ1) is 90.4. The Morgan fingerprint density at radius 2 is 0.904 bits per heavy atom. The molecule has 6 aliphatic rings. The van der Waals surface area contributed by atoms with Gasteiger partial charge in [0.15, 0.2) is 11.6 Å². The summed E-state index contributed by atoms with van der Waals surface area (Å²) in [6, 6.07) is 53.8. The first-order chi connectivity index (χ1) is 59.9. The van der Waals surface area contributed by atoms with Crippen LogP contribution in [0.15, 0.2) is 182 Å². The van der Waals surface area contributed by atoms with Crippen molar-refractivity contribution in [2.45, 2.75) is 102 Å². The number of fused-ring (bicyclic) bond motifs is 6. The number of Topliss-reactive ketones (excluding diaryl/α,β-unsaturated/α-hetero) is 3. The number of ether oxygens (including phenoxy) is 6. The molecule has 2 atom stereocenters. The fourth-order valence-corrected chi connectivity index (χ4v) is 15.0. The van der Waals surface area contributed by atoms with E-state index in [2.05, 4.69) is 49.6 Å². The number of nitrogens with one attached hydrogen (secondary N) is 7. The number of rotatable bonds is 28. The number of carbonyl (C=O) groups excluding carboxylic acids is 11. The van der Waals surface area contributed by atoms with Gasteiger partial charge < -0.3 is 80.2 Å². The van der Waals surface area contributed by atoms with Gasteiger partial charge in [0.05, 0.1) is 61.9 Å². The number of nitrogens with zero attached hydrogens (tertiary/aromatic N) is 5. The number of halogens is 2. The van der Waals surface area contributed by atoms with Crippen LogP contribution >= 0.6 is 0 Å². The zero-order valence-corrected chi connectivity index (χ0v) is 70.1. The van der Waals surface area contributed by atoms with E-state index in [1.807, 2.05) is 94.7 Å². The maximum absolute atomic E-state index is 15.4. The minimum absolute atomic E-state index is 0.00562. The molecule has 125 heavy (non-hydrogen) atoms. The van der Waals surface area contributed by atoms with Gasteiger partial charge in [-0.3, -0.25) is 38.6 Å². The quantitative estimate of drug-likeness (QED) is 0.00742. The normalized spacial score (nSPS) is 15.7. The molecule has 656 valence electrons. The Bertz CT molecular complexity index is 5210. The second-order valence-electron chi connectivity index (χ2n) is 32.2. The molecule has 4 fully saturated rings. The number of benzene rings is 8. The van der Waals surface area contributed by atoms with Crippen LogP contribution in [0, 0.1) is 11.6 Å². The number of ketones is 3. The summed E-state index contributed by atoms with van der Waals surface area (Å²) in [6.07, 6.45) is -4.59. The van der Waals surface area contributed by atoms with E-state index in [-0.39, 0.29) is 113 Å². The molecule has 0 bridgehead atoms. The second-order valence-corrected chi connectivity index (χ2v) is 32.2. The van der Waals surface area contributed by atoms with E-state index in [0.29, 0.717) is 71.4 Å². The van der Waals surface area contributed by atoms with Gasteiger partial charge in [-0.2, -0.15) is 0 Å². The van der Waals surface area contributed by atoms with Gasteiger partial charge in [-0.05, 0) is 171 Å². The lowest BCUT2D eigenvalue weighted by molar-refractivity contribution is -0.153. The average molecular weight is 1720 g/mol. The number of anilines is 6. The zero-order chi connectivity index (χ0) is 89.1. The van der Waals surface area contributed by atoms with Gasteiger partial charge in [-0.15, -0.1) is 0 Å². The van der Waals surface area contributed by atoms with Crippen LogP contribution in [0.2, 0.25) is 0 Å². The lowest BCUT2D eigenvalue weighted by Gasteiger charge is -2.36. The van der Waals surface area contributed by atoms with E-state index in [4.69, 9.17) is 33.5 Å². The number of carbonyl (C=O) groups is 12. The highest BCUT2D eigenvalue weighted by Crippen LogP contribution is 2.46. The number of aliphatic carboxylic acids is 1. The lowest BCUT2D eigenvalue weighted by Crippen LogP contribution is -2.49. The van der Waals surface area contributed by atoms with Crippen molar-refractivity contribution in [2.75, 3.05) is 135 Å². The van der Waals surface area contributed by atoms with E-state index >= 15 is 4.39 Å². The van der Waals surface area contributed by atoms with Crippen LogP contribution in [-0.4, -0.2) is 210 Å². The predicted octanol–water partition coefficient (Wildman–Crippen LogP) is 12.1. The fraction of sp³-hybridized carbons (Fsp3) is 0.348. The number of piperazine rings is 2. The first-order valence-electron chi connectivity index (χ1n) is 41.1. The molecule has 0 spiro atoms. The van der Waals surface area contributed by atoms with Crippen LogP contribution in [0.25, 0.3) is 22.3 Å². The van der Waals surface area contributed by atoms with Crippen molar-refractivity contribution in [3.63, 3.8) is 0 Å². The largest absolute Gasteiger partial charge is 0.481 e. The van der Waals surface area contributed by atoms with Gasteiger partial charge >= 0.3 is 42.4 Å². The molecule has 0 aromatic heterocycles. The topological polar surface area (TPSA) is 381 Å². The average Bonchev–Trinajstić information content (AvgIpc) is 1.61. The number of alkyl carbamates (subject to hydrolysis) is 3. The van der Waals surface area contributed by atoms with Crippen molar-refractivity contribution < 1.29 is 99.8 Å². The molecular weight excluding hydrogens is 1620 g/mol. The van der Waals surface area contributed by atoms with Crippen LogP contribution in [0.1, 0.15) is 122 Å². The molecule has 4 aliphatic heterocycles. The van der Waals surface area contributed by atoms with Crippen molar-refractivity contribution in [1.82, 2.24) is 31.6 Å². The minimum Gasteiger partial charge on any atom is -0.481 e. The standard InChI is InChI=1S/C46H49FN6O9.C27H24N2O6.C19H27FN4O4/c1-46(2,3)62-44(58)48-25-32-27-53(45(59)61-32)31-16-17-39(38(47)24-31)51-20-22-52(23-21-51)42(56)19-18-40(54)29-12-14-30(15-13-29)50-49-26-41(55)43(57)60-28-37-35-10-6-4-8-33(35)34-9-5-7-11-36(34)37;30-24(13-14-26(32)33)17-9-11-18(12-10-17)29-25(31)15-28-27(34)35-16-23-21-7-3-1-5-19(21)20-6-2-4-8-22(20)23;1-19(2,3)28-17(25)22-11-14-12-24(18(26)27-14)13-4-5-16(15(20)10-13)23-8-6-21-7-9-23/h4-17,24,32,37,49-50H,18-23,25-28H2,1-3H3,(H,48,58);1-12,23H,13-16H2,(H,28,34)(H,29,31)(H,32,33);4-5,10,14,21H,6-9,11-12H2,1-3H3,(H,22,25)/t32-;;14-/m0.0/s1. The molecule has 8 aromatic rings. The Morgan fingerprint density at radius 1 is 0.480 bits per heavy atom. The van der Waals surface area contributed by atoms with Gasteiger partial charge in [0.2, 0.25) is 11.8 Å². The van der Waals surface area contributed by atoms with E-state index in [1.54, 1.807) is 107 Å². The summed E-state index contributed by atoms with van der Waals surface area (Å²) in [6.45, 7) is 15.2. The summed E-state index contributed by atoms with van der Waals surface area (Å²) in [4.78, 5) is 155. The fourth-order valence-electron chi connectivity index (χ4n) is 15.0. The Labute approximate surface area is 720 Å². The molecule has 4 heterocycles. The smallest absolute Gasteiger partial charge is 0.414 e. The van der Waals surface area contributed by atoms with Crippen molar-refractivity contribution >= 4 is 106 Å². The monoisotopic (exact) mass is 1710 g/mol. The lowest BCUT2D eigenvalue weighted by atomic mass is 9.98. The van der Waals surface area contributed by atoms with Crippen molar-refractivity contribution in [3.05, 3.63) is 227 Å².